The van der Waals surface area contributed by atoms with E-state index in [1.807, 2.05) is 6.07 Å². The molecule has 4 aromatic rings. The monoisotopic (exact) mass is 352 g/mol. The molecule has 4 rings (SSSR count). The zero-order valence-electron chi connectivity index (χ0n) is 15.6. The largest absolute Gasteiger partial charge is 0.385 e. The Balaban J connectivity index is 1.61. The van der Waals surface area contributed by atoms with E-state index in [9.17, 15) is 0 Å². The minimum atomic E-state index is 0.270. The predicted octanol–water partition coefficient (Wildman–Crippen LogP) is 6.18. The molecule has 3 aromatic carbocycles. The second kappa shape index (κ2) is 8.05. The molecule has 0 saturated carbocycles. The molecule has 1 aromatic heterocycles. The lowest BCUT2D eigenvalue weighted by Gasteiger charge is -2.19. The molecule has 134 valence electrons. The lowest BCUT2D eigenvalue weighted by atomic mass is 9.91. The number of nitrogens with one attached hydrogen (secondary N) is 1. The number of anilines is 1. The average molecular weight is 352 g/mol. The molecule has 0 aliphatic carbocycles. The Morgan fingerprint density at radius 1 is 0.778 bits per heavy atom. The minimum absolute atomic E-state index is 0.270. The number of hydrogen-bond donors (Lipinski definition) is 1. The van der Waals surface area contributed by atoms with E-state index in [0.717, 1.165) is 29.9 Å². The highest BCUT2D eigenvalue weighted by molar-refractivity contribution is 5.78. The van der Waals surface area contributed by atoms with Crippen molar-refractivity contribution < 1.29 is 0 Å². The summed E-state index contributed by atoms with van der Waals surface area (Å²) in [6.07, 6.45) is 0.989. The van der Waals surface area contributed by atoms with E-state index in [2.05, 4.69) is 97.2 Å². The number of benzene rings is 3. The van der Waals surface area contributed by atoms with Gasteiger partial charge in [0.1, 0.15) is 0 Å². The summed E-state index contributed by atoms with van der Waals surface area (Å²) >= 11 is 0. The van der Waals surface area contributed by atoms with Crippen LogP contribution in [0.25, 0.3) is 10.9 Å². The van der Waals surface area contributed by atoms with E-state index in [1.165, 1.54) is 16.5 Å². The first kappa shape index (κ1) is 17.3. The first-order chi connectivity index (χ1) is 13.3. The number of aryl methyl sites for hydroxylation is 1. The van der Waals surface area contributed by atoms with Crippen LogP contribution in [0, 0.1) is 6.92 Å². The van der Waals surface area contributed by atoms with Crippen molar-refractivity contribution in [1.82, 2.24) is 4.98 Å². The lowest BCUT2D eigenvalue weighted by molar-refractivity contribution is 0.725. The quantitative estimate of drug-likeness (QED) is 0.448. The van der Waals surface area contributed by atoms with Crippen LogP contribution in [0.15, 0.2) is 91.0 Å². The molecule has 1 heterocycles. The zero-order valence-corrected chi connectivity index (χ0v) is 15.6. The third-order valence-corrected chi connectivity index (χ3v) is 4.99. The van der Waals surface area contributed by atoms with Crippen molar-refractivity contribution in [1.29, 1.82) is 0 Å². The van der Waals surface area contributed by atoms with Crippen LogP contribution in [0.5, 0.6) is 0 Å². The second-order valence-corrected chi connectivity index (χ2v) is 6.97. The van der Waals surface area contributed by atoms with Crippen LogP contribution < -0.4 is 5.32 Å². The van der Waals surface area contributed by atoms with Crippen LogP contribution in [-0.2, 0) is 0 Å². The average Bonchev–Trinajstić information content (AvgIpc) is 2.73. The van der Waals surface area contributed by atoms with E-state index in [-0.39, 0.29) is 5.92 Å². The van der Waals surface area contributed by atoms with Gasteiger partial charge in [-0.25, -0.2) is 0 Å². The molecule has 0 spiro atoms. The molecular weight excluding hydrogens is 328 g/mol. The Labute approximate surface area is 160 Å². The highest BCUT2D eigenvalue weighted by Gasteiger charge is 2.16. The van der Waals surface area contributed by atoms with Gasteiger partial charge >= 0.3 is 0 Å². The number of nitrogens with zero attached hydrogens (tertiary/aromatic N) is 1. The molecule has 2 nitrogen and oxygen atoms in total. The maximum Gasteiger partial charge on any atom is 0.0705 e. The molecule has 0 bridgehead atoms. The number of pyridine rings is 1. The van der Waals surface area contributed by atoms with Crippen molar-refractivity contribution >= 4 is 16.6 Å². The summed E-state index contributed by atoms with van der Waals surface area (Å²) < 4.78 is 0. The van der Waals surface area contributed by atoms with Crippen LogP contribution in [-0.4, -0.2) is 11.5 Å². The predicted molar refractivity (Wildman–Crippen MR) is 114 cm³/mol. The van der Waals surface area contributed by atoms with Gasteiger partial charge in [-0.15, -0.1) is 0 Å². The van der Waals surface area contributed by atoms with E-state index in [0.29, 0.717) is 0 Å². The fourth-order valence-electron chi connectivity index (χ4n) is 3.48. The first-order valence-corrected chi connectivity index (χ1v) is 9.51. The molecule has 1 N–H and O–H groups in total. The highest BCUT2D eigenvalue weighted by atomic mass is 14.9. The van der Waals surface area contributed by atoms with E-state index in [4.69, 9.17) is 4.98 Å². The summed E-state index contributed by atoms with van der Waals surface area (Å²) in [6, 6.07) is 31.9. The van der Waals surface area contributed by atoms with Gasteiger partial charge in [0.25, 0.3) is 0 Å². The van der Waals surface area contributed by atoms with Gasteiger partial charge in [0.05, 0.1) is 5.52 Å². The summed E-state index contributed by atoms with van der Waals surface area (Å²) in [5.41, 5.74) is 5.95. The summed E-state index contributed by atoms with van der Waals surface area (Å²) in [7, 11) is 0. The Hall–Kier alpha value is -3.13. The van der Waals surface area contributed by atoms with Crippen molar-refractivity contribution in [3.05, 3.63) is 108 Å². The molecule has 0 fully saturated rings. The third kappa shape index (κ3) is 4.17. The molecule has 1 atom stereocenters. The molecule has 0 radical (unpaired) electrons. The van der Waals surface area contributed by atoms with Crippen molar-refractivity contribution in [2.75, 3.05) is 11.9 Å². The van der Waals surface area contributed by atoms with Crippen LogP contribution in [0.2, 0.25) is 0 Å². The number of aromatic nitrogens is 1. The number of rotatable bonds is 6. The molecule has 0 aliphatic heterocycles. The van der Waals surface area contributed by atoms with Crippen LogP contribution >= 0.6 is 0 Å². The van der Waals surface area contributed by atoms with Crippen molar-refractivity contribution in [3.63, 3.8) is 0 Å². The fourth-order valence-corrected chi connectivity index (χ4v) is 3.48. The van der Waals surface area contributed by atoms with Gasteiger partial charge < -0.3 is 5.32 Å². The molecule has 2 heteroatoms. The fraction of sp³-hybridized carbons (Fsp3) is 0.160. The molecule has 0 saturated heterocycles. The molecule has 0 unspecified atom stereocenters. The number of para-hydroxylation sites is 2. The maximum absolute atomic E-state index is 4.97. The minimum Gasteiger partial charge on any atom is -0.385 e. The van der Waals surface area contributed by atoms with Crippen LogP contribution in [0.1, 0.15) is 29.2 Å². The van der Waals surface area contributed by atoms with E-state index in [1.54, 1.807) is 0 Å². The van der Waals surface area contributed by atoms with E-state index >= 15 is 0 Å². The first-order valence-electron chi connectivity index (χ1n) is 9.51. The van der Waals surface area contributed by atoms with Gasteiger partial charge in [-0.05, 0) is 43.2 Å². The Morgan fingerprint density at radius 3 is 2.33 bits per heavy atom. The van der Waals surface area contributed by atoms with Gasteiger partial charge in [-0.3, -0.25) is 4.98 Å². The lowest BCUT2D eigenvalue weighted by Crippen LogP contribution is -2.11. The van der Waals surface area contributed by atoms with Crippen LogP contribution in [0.3, 0.4) is 0 Å². The molecule has 0 aliphatic rings. The SMILES string of the molecule is Cc1ccc([C@@H](CCNc2ccccc2)c2ccc3ccccc3n2)cc1. The Bertz CT molecular complexity index is 1010. The summed E-state index contributed by atoms with van der Waals surface area (Å²) in [6.45, 7) is 3.03. The standard InChI is InChI=1S/C25H24N2/c1-19-11-13-20(14-12-19)23(17-18-26-22-8-3-2-4-9-22)25-16-15-21-7-5-6-10-24(21)27-25/h2-16,23,26H,17-18H2,1H3/t23-/m1/s1. The Kier molecular flexibility index (Phi) is 5.15. The Morgan fingerprint density at radius 2 is 1.52 bits per heavy atom. The normalized spacial score (nSPS) is 12.0. The van der Waals surface area contributed by atoms with Gasteiger partial charge in [0, 0.05) is 29.2 Å². The van der Waals surface area contributed by atoms with E-state index < -0.39 is 0 Å². The molecule has 0 amide bonds. The highest BCUT2D eigenvalue weighted by Crippen LogP contribution is 2.28. The smallest absolute Gasteiger partial charge is 0.0705 e. The van der Waals surface area contributed by atoms with Crippen molar-refractivity contribution in [2.24, 2.45) is 0 Å². The van der Waals surface area contributed by atoms with Crippen molar-refractivity contribution in [2.45, 2.75) is 19.3 Å². The summed E-state index contributed by atoms with van der Waals surface area (Å²) in [5.74, 6) is 0.270. The van der Waals surface area contributed by atoms with Gasteiger partial charge in [0.2, 0.25) is 0 Å². The molecular formula is C25H24N2. The van der Waals surface area contributed by atoms with Crippen molar-refractivity contribution in [3.8, 4) is 0 Å². The number of fused-ring (bicyclic) bond motifs is 1. The summed E-state index contributed by atoms with van der Waals surface area (Å²) in [4.78, 5) is 4.97. The third-order valence-electron chi connectivity index (χ3n) is 4.99. The molecule has 27 heavy (non-hydrogen) atoms. The zero-order chi connectivity index (χ0) is 18.5. The van der Waals surface area contributed by atoms with Crippen LogP contribution in [0.4, 0.5) is 5.69 Å². The summed E-state index contributed by atoms with van der Waals surface area (Å²) in [5, 5.41) is 4.72. The maximum atomic E-state index is 4.97. The number of hydrogen-bond acceptors (Lipinski definition) is 2. The second-order valence-electron chi connectivity index (χ2n) is 6.97. The van der Waals surface area contributed by atoms with Gasteiger partial charge in [-0.1, -0.05) is 72.3 Å². The van der Waals surface area contributed by atoms with Gasteiger partial charge in [0.15, 0.2) is 0 Å². The van der Waals surface area contributed by atoms with Gasteiger partial charge in [-0.2, -0.15) is 0 Å². The topological polar surface area (TPSA) is 24.9 Å².